The number of rotatable bonds is 11. The zero-order valence-electron chi connectivity index (χ0n) is 14.9. The number of phenols is 1. The van der Waals surface area contributed by atoms with Crippen molar-refractivity contribution in [1.29, 1.82) is 0 Å². The number of primary amides is 1. The fourth-order valence-electron chi connectivity index (χ4n) is 2.46. The lowest BCUT2D eigenvalue weighted by atomic mass is 10.0. The first-order chi connectivity index (χ1) is 12.3. The van der Waals surface area contributed by atoms with E-state index < -0.39 is 11.9 Å². The van der Waals surface area contributed by atoms with Crippen molar-refractivity contribution < 1.29 is 14.7 Å². The minimum absolute atomic E-state index is 0.0438. The van der Waals surface area contributed by atoms with E-state index >= 15 is 0 Å². The van der Waals surface area contributed by atoms with Crippen molar-refractivity contribution in [2.75, 3.05) is 13.6 Å². The number of amides is 2. The molecule has 0 radical (unpaired) electrons. The monoisotopic (exact) mass is 364 g/mol. The van der Waals surface area contributed by atoms with Crippen LogP contribution in [-0.2, 0) is 16.0 Å². The van der Waals surface area contributed by atoms with E-state index in [1.54, 1.807) is 19.2 Å². The third kappa shape index (κ3) is 8.34. The number of hydrogen-bond acceptors (Lipinski definition) is 5. The van der Waals surface area contributed by atoms with Crippen molar-refractivity contribution in [2.45, 2.75) is 37.8 Å². The Hall–Kier alpha value is -2.81. The molecule has 9 N–H and O–H groups in total. The summed E-state index contributed by atoms with van der Waals surface area (Å²) in [6.45, 7) is 0.493. The van der Waals surface area contributed by atoms with Gasteiger partial charge < -0.3 is 32.9 Å². The van der Waals surface area contributed by atoms with Crippen molar-refractivity contribution >= 4 is 17.8 Å². The highest BCUT2D eigenvalue weighted by atomic mass is 16.3. The predicted molar refractivity (Wildman–Crippen MR) is 100 cm³/mol. The van der Waals surface area contributed by atoms with Crippen LogP contribution in [0.5, 0.6) is 5.75 Å². The SMILES string of the molecule is CNC(CCCN=C(N)N)CC(=O)N[C@@H](Cc1ccc(O)cc1)C(N)=O. The molecule has 9 heteroatoms. The minimum Gasteiger partial charge on any atom is -0.508 e. The number of carbonyl (C=O) groups is 2. The summed E-state index contributed by atoms with van der Waals surface area (Å²) < 4.78 is 0. The Balaban J connectivity index is 2.53. The van der Waals surface area contributed by atoms with Crippen LogP contribution in [0.15, 0.2) is 29.3 Å². The first kappa shape index (κ1) is 21.2. The second-order valence-corrected chi connectivity index (χ2v) is 6.03. The normalized spacial score (nSPS) is 12.8. The van der Waals surface area contributed by atoms with Crippen LogP contribution in [0.2, 0.25) is 0 Å². The highest BCUT2D eigenvalue weighted by molar-refractivity contribution is 5.87. The van der Waals surface area contributed by atoms with Crippen molar-refractivity contribution in [3.8, 4) is 5.75 Å². The van der Waals surface area contributed by atoms with Gasteiger partial charge in [-0.15, -0.1) is 0 Å². The Morgan fingerprint density at radius 1 is 1.19 bits per heavy atom. The predicted octanol–water partition coefficient (Wildman–Crippen LogP) is -1.06. The summed E-state index contributed by atoms with van der Waals surface area (Å²) in [5, 5.41) is 15.0. The molecular weight excluding hydrogens is 336 g/mol. The molecule has 0 aliphatic heterocycles. The molecule has 0 aliphatic carbocycles. The first-order valence-electron chi connectivity index (χ1n) is 8.41. The fourth-order valence-corrected chi connectivity index (χ4v) is 2.46. The number of guanidine groups is 1. The Morgan fingerprint density at radius 3 is 2.38 bits per heavy atom. The lowest BCUT2D eigenvalue weighted by Gasteiger charge is -2.19. The van der Waals surface area contributed by atoms with Gasteiger partial charge in [0.1, 0.15) is 11.8 Å². The number of nitrogens with one attached hydrogen (secondary N) is 2. The molecule has 1 aromatic carbocycles. The van der Waals surface area contributed by atoms with E-state index in [-0.39, 0.29) is 36.5 Å². The molecule has 2 atom stereocenters. The van der Waals surface area contributed by atoms with Gasteiger partial charge >= 0.3 is 0 Å². The second-order valence-electron chi connectivity index (χ2n) is 6.03. The van der Waals surface area contributed by atoms with E-state index in [2.05, 4.69) is 15.6 Å². The van der Waals surface area contributed by atoms with Crippen LogP contribution >= 0.6 is 0 Å². The number of phenolic OH excluding ortho intramolecular Hbond substituents is 1. The summed E-state index contributed by atoms with van der Waals surface area (Å²) in [7, 11) is 1.76. The van der Waals surface area contributed by atoms with E-state index in [1.165, 1.54) is 12.1 Å². The van der Waals surface area contributed by atoms with Crippen LogP contribution in [0, 0.1) is 0 Å². The van der Waals surface area contributed by atoms with Gasteiger partial charge in [0.05, 0.1) is 0 Å². The van der Waals surface area contributed by atoms with Gasteiger partial charge in [-0.05, 0) is 37.6 Å². The molecule has 0 saturated carbocycles. The fraction of sp³-hybridized carbons (Fsp3) is 0.471. The van der Waals surface area contributed by atoms with E-state index in [1.807, 2.05) is 0 Å². The number of hydrogen-bond donors (Lipinski definition) is 6. The van der Waals surface area contributed by atoms with Crippen LogP contribution in [0.25, 0.3) is 0 Å². The van der Waals surface area contributed by atoms with Crippen molar-refractivity contribution in [2.24, 2.45) is 22.2 Å². The van der Waals surface area contributed by atoms with Gasteiger partial charge in [0.25, 0.3) is 0 Å². The van der Waals surface area contributed by atoms with E-state index in [0.717, 1.165) is 12.0 Å². The third-order valence-corrected chi connectivity index (χ3v) is 3.90. The maximum atomic E-state index is 12.2. The van der Waals surface area contributed by atoms with Crippen LogP contribution in [-0.4, -0.2) is 48.6 Å². The summed E-state index contributed by atoms with van der Waals surface area (Å²) >= 11 is 0. The maximum absolute atomic E-state index is 12.2. The van der Waals surface area contributed by atoms with E-state index in [0.29, 0.717) is 13.0 Å². The topological polar surface area (TPSA) is 169 Å². The summed E-state index contributed by atoms with van der Waals surface area (Å²) in [5.41, 5.74) is 16.7. The molecule has 26 heavy (non-hydrogen) atoms. The largest absolute Gasteiger partial charge is 0.508 e. The van der Waals surface area contributed by atoms with Crippen LogP contribution in [0.4, 0.5) is 0 Å². The maximum Gasteiger partial charge on any atom is 0.240 e. The summed E-state index contributed by atoms with van der Waals surface area (Å²) in [4.78, 5) is 27.8. The molecule has 0 saturated heterocycles. The van der Waals surface area contributed by atoms with Crippen LogP contribution in [0.3, 0.4) is 0 Å². The molecule has 9 nitrogen and oxygen atoms in total. The Morgan fingerprint density at radius 2 is 1.85 bits per heavy atom. The molecule has 1 unspecified atom stereocenters. The van der Waals surface area contributed by atoms with Crippen molar-refractivity contribution in [1.82, 2.24) is 10.6 Å². The lowest BCUT2D eigenvalue weighted by molar-refractivity contribution is -0.127. The zero-order chi connectivity index (χ0) is 19.5. The second kappa shape index (κ2) is 10.9. The molecule has 1 rings (SSSR count). The van der Waals surface area contributed by atoms with Gasteiger partial charge in [-0.25, -0.2) is 0 Å². The Bertz CT molecular complexity index is 613. The molecule has 1 aromatic rings. The molecule has 0 fully saturated rings. The van der Waals surface area contributed by atoms with Crippen LogP contribution < -0.4 is 27.8 Å². The number of carbonyl (C=O) groups excluding carboxylic acids is 2. The Labute approximate surface area is 153 Å². The van der Waals surface area contributed by atoms with Crippen molar-refractivity contribution in [3.63, 3.8) is 0 Å². The standard InChI is InChI=1S/C17H28N6O3/c1-21-12(3-2-8-22-17(19)20)10-15(25)23-14(16(18)26)9-11-4-6-13(24)7-5-11/h4-7,12,14,21,24H,2-3,8-10H2,1H3,(H2,18,26)(H,23,25)(H4,19,20,22)/t12?,14-/m0/s1. The number of aromatic hydroxyl groups is 1. The average molecular weight is 364 g/mol. The smallest absolute Gasteiger partial charge is 0.240 e. The van der Waals surface area contributed by atoms with Gasteiger partial charge in [-0.3, -0.25) is 14.6 Å². The molecule has 144 valence electrons. The highest BCUT2D eigenvalue weighted by Crippen LogP contribution is 2.11. The zero-order valence-corrected chi connectivity index (χ0v) is 14.9. The van der Waals surface area contributed by atoms with Gasteiger partial charge in [-0.2, -0.15) is 0 Å². The van der Waals surface area contributed by atoms with Gasteiger partial charge in [0.2, 0.25) is 11.8 Å². The number of nitrogens with zero attached hydrogens (tertiary/aromatic N) is 1. The van der Waals surface area contributed by atoms with Crippen LogP contribution in [0.1, 0.15) is 24.8 Å². The lowest BCUT2D eigenvalue weighted by Crippen LogP contribution is -2.47. The molecule has 0 bridgehead atoms. The molecule has 0 heterocycles. The van der Waals surface area contributed by atoms with Gasteiger partial charge in [0.15, 0.2) is 5.96 Å². The number of aliphatic imine (C=N–C) groups is 1. The molecule has 0 aromatic heterocycles. The summed E-state index contributed by atoms with van der Waals surface area (Å²) in [6.07, 6.45) is 1.90. The number of benzene rings is 1. The average Bonchev–Trinajstić information content (AvgIpc) is 2.58. The molecule has 2 amide bonds. The minimum atomic E-state index is -0.814. The summed E-state index contributed by atoms with van der Waals surface area (Å²) in [5.74, 6) is -0.706. The molecule has 0 aliphatic rings. The number of nitrogens with two attached hydrogens (primary N) is 3. The third-order valence-electron chi connectivity index (χ3n) is 3.90. The first-order valence-corrected chi connectivity index (χ1v) is 8.41. The van der Waals surface area contributed by atoms with E-state index in [9.17, 15) is 14.7 Å². The van der Waals surface area contributed by atoms with E-state index in [4.69, 9.17) is 17.2 Å². The van der Waals surface area contributed by atoms with Crippen molar-refractivity contribution in [3.05, 3.63) is 29.8 Å². The Kier molecular flexibility index (Phi) is 8.93. The summed E-state index contributed by atoms with van der Waals surface area (Å²) in [6, 6.07) is 5.51. The molecular formula is C17H28N6O3. The highest BCUT2D eigenvalue weighted by Gasteiger charge is 2.20. The van der Waals surface area contributed by atoms with Gasteiger partial charge in [0, 0.05) is 25.4 Å². The quantitative estimate of drug-likeness (QED) is 0.166. The van der Waals surface area contributed by atoms with Gasteiger partial charge in [-0.1, -0.05) is 12.1 Å². The molecule has 0 spiro atoms.